The van der Waals surface area contributed by atoms with E-state index in [-0.39, 0.29) is 6.04 Å². The second-order valence-corrected chi connectivity index (χ2v) is 5.83. The minimum Gasteiger partial charge on any atom is -0.459 e. The van der Waals surface area contributed by atoms with Gasteiger partial charge in [-0.1, -0.05) is 46.3 Å². The molecule has 1 aromatic heterocycles. The van der Waals surface area contributed by atoms with Gasteiger partial charge in [0.15, 0.2) is 0 Å². The fourth-order valence-corrected chi connectivity index (χ4v) is 2.68. The Morgan fingerprint density at radius 1 is 1.10 bits per heavy atom. The van der Waals surface area contributed by atoms with E-state index in [0.717, 1.165) is 27.7 Å². The van der Waals surface area contributed by atoms with E-state index in [1.54, 1.807) is 0 Å². The Morgan fingerprint density at radius 2 is 1.95 bits per heavy atom. The number of furan rings is 1. The molecule has 0 spiro atoms. The third-order valence-electron chi connectivity index (χ3n) is 3.37. The number of benzene rings is 2. The third kappa shape index (κ3) is 2.94. The van der Waals surface area contributed by atoms with E-state index in [4.69, 9.17) is 4.42 Å². The Morgan fingerprint density at radius 3 is 2.75 bits per heavy atom. The molecule has 1 unspecified atom stereocenters. The van der Waals surface area contributed by atoms with Gasteiger partial charge in [-0.2, -0.15) is 0 Å². The second-order valence-electron chi connectivity index (χ2n) is 4.92. The van der Waals surface area contributed by atoms with Gasteiger partial charge in [0, 0.05) is 16.4 Å². The van der Waals surface area contributed by atoms with Crippen LogP contribution in [0.2, 0.25) is 0 Å². The molecule has 1 N–H and O–H groups in total. The molecule has 0 fully saturated rings. The van der Waals surface area contributed by atoms with Crippen molar-refractivity contribution in [3.05, 3.63) is 70.4 Å². The minimum atomic E-state index is 0.182. The molecule has 0 saturated heterocycles. The zero-order chi connectivity index (χ0) is 13.9. The molecule has 3 heteroatoms. The van der Waals surface area contributed by atoms with Gasteiger partial charge >= 0.3 is 0 Å². The Kier molecular flexibility index (Phi) is 3.90. The number of nitrogens with one attached hydrogen (secondary N) is 1. The average Bonchev–Trinajstić information content (AvgIpc) is 2.89. The van der Waals surface area contributed by atoms with Gasteiger partial charge in [-0.05, 0) is 36.8 Å². The second kappa shape index (κ2) is 5.81. The van der Waals surface area contributed by atoms with Crippen LogP contribution in [0.4, 0.5) is 0 Å². The first kappa shape index (κ1) is 13.4. The van der Waals surface area contributed by atoms with Gasteiger partial charge in [-0.15, -0.1) is 0 Å². The van der Waals surface area contributed by atoms with Crippen molar-refractivity contribution in [2.45, 2.75) is 19.5 Å². The third-order valence-corrected chi connectivity index (χ3v) is 3.87. The van der Waals surface area contributed by atoms with Crippen molar-refractivity contribution >= 4 is 26.9 Å². The number of hydrogen-bond donors (Lipinski definition) is 1. The molecule has 0 bridgehead atoms. The lowest BCUT2D eigenvalue weighted by Crippen LogP contribution is -2.17. The monoisotopic (exact) mass is 329 g/mol. The van der Waals surface area contributed by atoms with Crippen LogP contribution in [0.25, 0.3) is 11.0 Å². The van der Waals surface area contributed by atoms with Gasteiger partial charge in [0.1, 0.15) is 11.3 Å². The van der Waals surface area contributed by atoms with E-state index in [1.807, 2.05) is 30.3 Å². The van der Waals surface area contributed by atoms with Gasteiger partial charge in [-0.3, -0.25) is 0 Å². The van der Waals surface area contributed by atoms with E-state index in [1.165, 1.54) is 5.56 Å². The number of hydrogen-bond acceptors (Lipinski definition) is 2. The predicted molar refractivity (Wildman–Crippen MR) is 85.6 cm³/mol. The highest BCUT2D eigenvalue weighted by Gasteiger charge is 2.10. The smallest absolute Gasteiger partial charge is 0.134 e. The van der Waals surface area contributed by atoms with E-state index in [2.05, 4.69) is 52.4 Å². The van der Waals surface area contributed by atoms with Crippen LogP contribution in [-0.2, 0) is 6.54 Å². The standard InChI is InChI=1S/C17H16BrNO/c1-12(19-11-13-5-4-7-15(18)9-13)17-10-14-6-2-3-8-16(14)20-17/h2-10,12,19H,11H2,1H3. The van der Waals surface area contributed by atoms with E-state index in [0.29, 0.717) is 0 Å². The quantitative estimate of drug-likeness (QED) is 0.724. The summed E-state index contributed by atoms with van der Waals surface area (Å²) < 4.78 is 6.98. The van der Waals surface area contributed by atoms with Gasteiger partial charge in [-0.25, -0.2) is 0 Å². The van der Waals surface area contributed by atoms with Gasteiger partial charge in [0.05, 0.1) is 6.04 Å². The van der Waals surface area contributed by atoms with Crippen molar-refractivity contribution in [3.63, 3.8) is 0 Å². The highest BCUT2D eigenvalue weighted by molar-refractivity contribution is 9.10. The maximum Gasteiger partial charge on any atom is 0.134 e. The molecule has 0 aliphatic rings. The molecule has 3 aromatic rings. The first-order valence-corrected chi connectivity index (χ1v) is 7.48. The lowest BCUT2D eigenvalue weighted by atomic mass is 10.2. The number of fused-ring (bicyclic) bond motifs is 1. The Labute approximate surface area is 126 Å². The first-order chi connectivity index (χ1) is 9.72. The summed E-state index contributed by atoms with van der Waals surface area (Å²) >= 11 is 3.49. The summed E-state index contributed by atoms with van der Waals surface area (Å²) in [4.78, 5) is 0. The first-order valence-electron chi connectivity index (χ1n) is 6.69. The highest BCUT2D eigenvalue weighted by Crippen LogP contribution is 2.23. The lowest BCUT2D eigenvalue weighted by Gasteiger charge is -2.11. The SMILES string of the molecule is CC(NCc1cccc(Br)c1)c1cc2ccccc2o1. The van der Waals surface area contributed by atoms with Gasteiger partial charge in [0.2, 0.25) is 0 Å². The molecular weight excluding hydrogens is 314 g/mol. The topological polar surface area (TPSA) is 25.2 Å². The van der Waals surface area contributed by atoms with Gasteiger partial charge < -0.3 is 9.73 Å². The molecule has 102 valence electrons. The number of para-hydroxylation sites is 1. The highest BCUT2D eigenvalue weighted by atomic mass is 79.9. The molecule has 2 nitrogen and oxygen atoms in total. The van der Waals surface area contributed by atoms with Crippen molar-refractivity contribution in [1.82, 2.24) is 5.32 Å². The van der Waals surface area contributed by atoms with Crippen LogP contribution in [0.15, 0.2) is 63.5 Å². The number of halogens is 1. The maximum atomic E-state index is 5.87. The summed E-state index contributed by atoms with van der Waals surface area (Å²) in [7, 11) is 0. The van der Waals surface area contributed by atoms with Crippen molar-refractivity contribution in [3.8, 4) is 0 Å². The summed E-state index contributed by atoms with van der Waals surface area (Å²) in [6, 6.07) is 18.7. The van der Waals surface area contributed by atoms with Crippen LogP contribution in [-0.4, -0.2) is 0 Å². The summed E-state index contributed by atoms with van der Waals surface area (Å²) in [5.74, 6) is 0.973. The minimum absolute atomic E-state index is 0.182. The summed E-state index contributed by atoms with van der Waals surface area (Å²) in [6.45, 7) is 2.94. The molecule has 1 atom stereocenters. The van der Waals surface area contributed by atoms with E-state index >= 15 is 0 Å². The van der Waals surface area contributed by atoms with E-state index < -0.39 is 0 Å². The fourth-order valence-electron chi connectivity index (χ4n) is 2.23. The Balaban J connectivity index is 1.71. The normalized spacial score (nSPS) is 12.7. The number of rotatable bonds is 4. The zero-order valence-corrected chi connectivity index (χ0v) is 12.9. The summed E-state index contributed by atoms with van der Waals surface area (Å²) in [6.07, 6.45) is 0. The van der Waals surface area contributed by atoms with Crippen molar-refractivity contribution in [1.29, 1.82) is 0 Å². The zero-order valence-electron chi connectivity index (χ0n) is 11.3. The Hall–Kier alpha value is -1.58. The average molecular weight is 330 g/mol. The molecule has 1 heterocycles. The molecule has 2 aromatic carbocycles. The predicted octanol–water partition coefficient (Wildman–Crippen LogP) is 5.05. The van der Waals surface area contributed by atoms with Crippen LogP contribution < -0.4 is 5.32 Å². The molecule has 3 rings (SSSR count). The van der Waals surface area contributed by atoms with Crippen molar-refractivity contribution in [2.75, 3.05) is 0 Å². The summed E-state index contributed by atoms with van der Waals surface area (Å²) in [5, 5.41) is 4.64. The largest absolute Gasteiger partial charge is 0.459 e. The fraction of sp³-hybridized carbons (Fsp3) is 0.176. The summed E-state index contributed by atoms with van der Waals surface area (Å²) in [5.41, 5.74) is 2.20. The molecule has 0 saturated carbocycles. The van der Waals surface area contributed by atoms with Crippen LogP contribution in [0.3, 0.4) is 0 Å². The molecule has 0 radical (unpaired) electrons. The Bertz CT molecular complexity index is 687. The molecule has 0 amide bonds. The van der Waals surface area contributed by atoms with Gasteiger partial charge in [0.25, 0.3) is 0 Å². The van der Waals surface area contributed by atoms with E-state index in [9.17, 15) is 0 Å². The van der Waals surface area contributed by atoms with Crippen LogP contribution in [0, 0.1) is 0 Å². The van der Waals surface area contributed by atoms with Crippen molar-refractivity contribution in [2.24, 2.45) is 0 Å². The lowest BCUT2D eigenvalue weighted by molar-refractivity contribution is 0.451. The van der Waals surface area contributed by atoms with Crippen LogP contribution in [0.5, 0.6) is 0 Å². The van der Waals surface area contributed by atoms with Crippen LogP contribution in [0.1, 0.15) is 24.3 Å². The molecule has 0 aliphatic carbocycles. The van der Waals surface area contributed by atoms with Crippen molar-refractivity contribution < 1.29 is 4.42 Å². The maximum absolute atomic E-state index is 5.87. The molecular formula is C17H16BrNO. The van der Waals surface area contributed by atoms with Crippen LogP contribution >= 0.6 is 15.9 Å². The molecule has 0 aliphatic heterocycles. The molecule has 20 heavy (non-hydrogen) atoms.